The van der Waals surface area contributed by atoms with Gasteiger partial charge in [-0.2, -0.15) is 0 Å². The molecular formula is C11H17BrO. The third-order valence-electron chi connectivity index (χ3n) is 3.01. The van der Waals surface area contributed by atoms with Crippen LogP contribution in [0.2, 0.25) is 0 Å². The first kappa shape index (κ1) is 9.72. The lowest BCUT2D eigenvalue weighted by atomic mass is 9.68. The predicted molar refractivity (Wildman–Crippen MR) is 58.0 cm³/mol. The van der Waals surface area contributed by atoms with Crippen molar-refractivity contribution < 1.29 is 5.11 Å². The maximum Gasteiger partial charge on any atom is 0.0590 e. The third-order valence-corrected chi connectivity index (χ3v) is 3.89. The summed E-state index contributed by atoms with van der Waals surface area (Å²) in [6, 6.07) is 0. The SMILES string of the molecule is CC1(C)C=C2CC(O)CC(Br)(C2)C1. The molecule has 1 N–H and O–H groups in total. The summed E-state index contributed by atoms with van der Waals surface area (Å²) in [5.41, 5.74) is 1.74. The number of hydrogen-bond donors (Lipinski definition) is 1. The van der Waals surface area contributed by atoms with Crippen LogP contribution in [0.4, 0.5) is 0 Å². The van der Waals surface area contributed by atoms with E-state index in [1.165, 1.54) is 5.57 Å². The molecule has 0 aromatic heterocycles. The Labute approximate surface area is 88.3 Å². The van der Waals surface area contributed by atoms with Crippen molar-refractivity contribution in [3.05, 3.63) is 11.6 Å². The van der Waals surface area contributed by atoms with E-state index in [0.29, 0.717) is 5.41 Å². The Balaban J connectivity index is 2.31. The number of halogens is 1. The van der Waals surface area contributed by atoms with Gasteiger partial charge in [-0.05, 0) is 31.1 Å². The van der Waals surface area contributed by atoms with E-state index >= 15 is 0 Å². The first-order chi connectivity index (χ1) is 5.89. The topological polar surface area (TPSA) is 20.2 Å². The van der Waals surface area contributed by atoms with E-state index in [9.17, 15) is 5.11 Å². The highest BCUT2D eigenvalue weighted by Crippen LogP contribution is 2.51. The summed E-state index contributed by atoms with van der Waals surface area (Å²) >= 11 is 3.80. The zero-order valence-electron chi connectivity index (χ0n) is 8.31. The molecule has 13 heavy (non-hydrogen) atoms. The van der Waals surface area contributed by atoms with Gasteiger partial charge in [0, 0.05) is 4.32 Å². The molecule has 74 valence electrons. The number of aliphatic hydroxyl groups excluding tert-OH is 1. The molecule has 2 aliphatic carbocycles. The van der Waals surface area contributed by atoms with Crippen molar-refractivity contribution in [3.63, 3.8) is 0 Å². The molecule has 0 aromatic carbocycles. The van der Waals surface area contributed by atoms with Gasteiger partial charge in [0.25, 0.3) is 0 Å². The van der Waals surface area contributed by atoms with Gasteiger partial charge in [-0.3, -0.25) is 0 Å². The molecule has 2 rings (SSSR count). The zero-order valence-corrected chi connectivity index (χ0v) is 9.89. The van der Waals surface area contributed by atoms with Crippen molar-refractivity contribution in [2.24, 2.45) is 5.41 Å². The maximum atomic E-state index is 9.68. The van der Waals surface area contributed by atoms with Crippen molar-refractivity contribution in [1.82, 2.24) is 0 Å². The van der Waals surface area contributed by atoms with Gasteiger partial charge >= 0.3 is 0 Å². The van der Waals surface area contributed by atoms with Crippen LogP contribution in [-0.2, 0) is 0 Å². The maximum absolute atomic E-state index is 9.68. The highest BCUT2D eigenvalue weighted by Gasteiger charge is 2.42. The lowest BCUT2D eigenvalue weighted by molar-refractivity contribution is 0.116. The van der Waals surface area contributed by atoms with Gasteiger partial charge in [-0.1, -0.05) is 41.4 Å². The molecule has 0 amide bonds. The second kappa shape index (κ2) is 2.83. The van der Waals surface area contributed by atoms with Gasteiger partial charge in [-0.15, -0.1) is 0 Å². The van der Waals surface area contributed by atoms with Gasteiger partial charge in [-0.25, -0.2) is 0 Å². The van der Waals surface area contributed by atoms with E-state index < -0.39 is 0 Å². The van der Waals surface area contributed by atoms with E-state index in [2.05, 4.69) is 35.9 Å². The van der Waals surface area contributed by atoms with Crippen LogP contribution >= 0.6 is 15.9 Å². The fraction of sp³-hybridized carbons (Fsp3) is 0.818. The van der Waals surface area contributed by atoms with Crippen LogP contribution in [0.25, 0.3) is 0 Å². The number of allylic oxidation sites excluding steroid dienone is 1. The lowest BCUT2D eigenvalue weighted by Gasteiger charge is -2.45. The highest BCUT2D eigenvalue weighted by molar-refractivity contribution is 9.10. The molecule has 2 bridgehead atoms. The standard InChI is InChI=1S/C11H17BrO/c1-10(2)4-8-3-9(13)6-11(12,5-8)7-10/h4,9,13H,3,5-7H2,1-2H3. The van der Waals surface area contributed by atoms with Gasteiger partial charge in [0.05, 0.1) is 6.10 Å². The number of fused-ring (bicyclic) bond motifs is 2. The average molecular weight is 245 g/mol. The zero-order chi connectivity index (χ0) is 9.69. The van der Waals surface area contributed by atoms with E-state index in [4.69, 9.17) is 0 Å². The van der Waals surface area contributed by atoms with Crippen LogP contribution in [0.3, 0.4) is 0 Å². The summed E-state index contributed by atoms with van der Waals surface area (Å²) in [4.78, 5) is 0. The minimum atomic E-state index is -0.129. The quantitative estimate of drug-likeness (QED) is 0.513. The molecule has 2 unspecified atom stereocenters. The summed E-state index contributed by atoms with van der Waals surface area (Å²) in [6.07, 6.45) is 6.29. The summed E-state index contributed by atoms with van der Waals surface area (Å²) in [7, 11) is 0. The molecule has 0 heterocycles. The number of hydrogen-bond acceptors (Lipinski definition) is 1. The smallest absolute Gasteiger partial charge is 0.0590 e. The van der Waals surface area contributed by atoms with Crippen LogP contribution in [-0.4, -0.2) is 15.5 Å². The Morgan fingerprint density at radius 3 is 2.85 bits per heavy atom. The fourth-order valence-corrected chi connectivity index (χ4v) is 4.47. The molecule has 0 spiro atoms. The average Bonchev–Trinajstić information content (AvgIpc) is 1.75. The van der Waals surface area contributed by atoms with Gasteiger partial charge in [0.2, 0.25) is 0 Å². The van der Waals surface area contributed by atoms with E-state index in [1.807, 2.05) is 0 Å². The van der Waals surface area contributed by atoms with Crippen LogP contribution in [0.15, 0.2) is 11.6 Å². The molecule has 1 saturated carbocycles. The van der Waals surface area contributed by atoms with Crippen LogP contribution in [0.5, 0.6) is 0 Å². The number of alkyl halides is 1. The van der Waals surface area contributed by atoms with Crippen molar-refractivity contribution in [2.45, 2.75) is 50.0 Å². The van der Waals surface area contributed by atoms with Gasteiger partial charge < -0.3 is 5.11 Å². The minimum Gasteiger partial charge on any atom is -0.393 e. The largest absolute Gasteiger partial charge is 0.393 e. The molecule has 0 aliphatic heterocycles. The molecule has 0 radical (unpaired) electrons. The Hall–Kier alpha value is 0.180. The van der Waals surface area contributed by atoms with Crippen LogP contribution in [0, 0.1) is 5.41 Å². The Morgan fingerprint density at radius 2 is 2.23 bits per heavy atom. The third kappa shape index (κ3) is 1.99. The molecular weight excluding hydrogens is 228 g/mol. The molecule has 2 aliphatic rings. The van der Waals surface area contributed by atoms with Crippen LogP contribution < -0.4 is 0 Å². The summed E-state index contributed by atoms with van der Waals surface area (Å²) in [5.74, 6) is 0. The minimum absolute atomic E-state index is 0.129. The highest BCUT2D eigenvalue weighted by atomic mass is 79.9. The van der Waals surface area contributed by atoms with E-state index in [1.54, 1.807) is 0 Å². The second-order valence-corrected chi connectivity index (χ2v) is 7.04. The number of aliphatic hydroxyl groups is 1. The van der Waals surface area contributed by atoms with E-state index in [0.717, 1.165) is 25.7 Å². The molecule has 0 aromatic rings. The Bertz CT molecular complexity index is 257. The van der Waals surface area contributed by atoms with E-state index in [-0.39, 0.29) is 10.4 Å². The summed E-state index contributed by atoms with van der Waals surface area (Å²) in [5, 5.41) is 9.68. The lowest BCUT2D eigenvalue weighted by Crippen LogP contribution is -2.40. The van der Waals surface area contributed by atoms with Crippen molar-refractivity contribution in [3.8, 4) is 0 Å². The molecule has 1 fully saturated rings. The molecule has 0 saturated heterocycles. The second-order valence-electron chi connectivity index (χ2n) is 5.36. The normalized spacial score (nSPS) is 42.8. The monoisotopic (exact) mass is 244 g/mol. The van der Waals surface area contributed by atoms with Crippen LogP contribution in [0.1, 0.15) is 39.5 Å². The first-order valence-electron chi connectivity index (χ1n) is 4.96. The van der Waals surface area contributed by atoms with Gasteiger partial charge in [0.15, 0.2) is 0 Å². The first-order valence-corrected chi connectivity index (χ1v) is 5.76. The molecule has 1 nitrogen and oxygen atoms in total. The number of rotatable bonds is 0. The summed E-state index contributed by atoms with van der Waals surface area (Å²) in [6.45, 7) is 4.56. The molecule has 2 atom stereocenters. The predicted octanol–water partition coefficient (Wildman–Crippen LogP) is 3.02. The van der Waals surface area contributed by atoms with Gasteiger partial charge in [0.1, 0.15) is 0 Å². The van der Waals surface area contributed by atoms with Crippen molar-refractivity contribution in [2.75, 3.05) is 0 Å². The summed E-state index contributed by atoms with van der Waals surface area (Å²) < 4.78 is 0.179. The fourth-order valence-electron chi connectivity index (χ4n) is 3.01. The Kier molecular flexibility index (Phi) is 2.12. The van der Waals surface area contributed by atoms with Crippen molar-refractivity contribution in [1.29, 1.82) is 0 Å². The molecule has 2 heteroatoms. The van der Waals surface area contributed by atoms with Crippen molar-refractivity contribution >= 4 is 15.9 Å². The Morgan fingerprint density at radius 1 is 1.54 bits per heavy atom.